The van der Waals surface area contributed by atoms with Crippen molar-refractivity contribution in [3.63, 3.8) is 0 Å². The van der Waals surface area contributed by atoms with Gasteiger partial charge in [0.15, 0.2) is 0 Å². The number of nitrogens with one attached hydrogen (secondary N) is 1. The topological polar surface area (TPSA) is 102 Å². The van der Waals surface area contributed by atoms with E-state index < -0.39 is 10.9 Å². The van der Waals surface area contributed by atoms with Crippen LogP contribution in [0.2, 0.25) is 0 Å². The maximum atomic E-state index is 11.2. The summed E-state index contributed by atoms with van der Waals surface area (Å²) in [4.78, 5) is 21.3. The molecule has 0 saturated heterocycles. The van der Waals surface area contributed by atoms with E-state index in [4.69, 9.17) is 9.84 Å². The third kappa shape index (κ3) is 4.20. The van der Waals surface area contributed by atoms with Crippen LogP contribution in [-0.4, -0.2) is 35.8 Å². The molecule has 7 heteroatoms. The molecular formula is C13H18N2O5. The summed E-state index contributed by atoms with van der Waals surface area (Å²) in [6.07, 6.45) is 1.72. The van der Waals surface area contributed by atoms with Gasteiger partial charge in [-0.2, -0.15) is 0 Å². The average Bonchev–Trinajstić information content (AvgIpc) is 2.39. The van der Waals surface area contributed by atoms with E-state index in [1.165, 1.54) is 12.1 Å². The van der Waals surface area contributed by atoms with E-state index in [0.717, 1.165) is 18.9 Å². The number of nitro groups is 1. The van der Waals surface area contributed by atoms with E-state index in [-0.39, 0.29) is 17.3 Å². The normalized spacial score (nSPS) is 11.9. The molecule has 0 fully saturated rings. The molecule has 0 bridgehead atoms. The summed E-state index contributed by atoms with van der Waals surface area (Å²) in [6, 6.07) is 3.72. The van der Waals surface area contributed by atoms with Crippen molar-refractivity contribution < 1.29 is 19.6 Å². The molecule has 0 aliphatic rings. The predicted molar refractivity (Wildman–Crippen MR) is 74.3 cm³/mol. The summed E-state index contributed by atoms with van der Waals surface area (Å²) in [5.41, 5.74) is 0.00161. The number of non-ortho nitro benzene ring substituents is 1. The molecule has 20 heavy (non-hydrogen) atoms. The first-order valence-corrected chi connectivity index (χ1v) is 6.26. The molecule has 7 nitrogen and oxygen atoms in total. The number of anilines is 1. The summed E-state index contributed by atoms with van der Waals surface area (Å²) in [5.74, 6) is -1.20. The zero-order valence-corrected chi connectivity index (χ0v) is 11.5. The molecule has 1 rings (SSSR count). The molecule has 0 heterocycles. The van der Waals surface area contributed by atoms with Crippen LogP contribution in [0.1, 0.15) is 30.1 Å². The van der Waals surface area contributed by atoms with Crippen LogP contribution in [0.5, 0.6) is 0 Å². The number of hydrogen-bond donors (Lipinski definition) is 2. The molecule has 0 radical (unpaired) electrons. The standard InChI is InChI=1S/C13H18N2O5/c1-3-4-9(8-20-2)14-12-6-5-10(15(18)19)7-11(12)13(16)17/h5-7,9,14H,3-4,8H2,1-2H3,(H,16,17). The highest BCUT2D eigenvalue weighted by molar-refractivity contribution is 5.95. The summed E-state index contributed by atoms with van der Waals surface area (Å²) in [7, 11) is 1.57. The number of ether oxygens (including phenoxy) is 1. The van der Waals surface area contributed by atoms with E-state index in [9.17, 15) is 14.9 Å². The van der Waals surface area contributed by atoms with Gasteiger partial charge in [0.2, 0.25) is 0 Å². The van der Waals surface area contributed by atoms with E-state index in [1.54, 1.807) is 7.11 Å². The van der Waals surface area contributed by atoms with Gasteiger partial charge in [-0.15, -0.1) is 0 Å². The number of aromatic carboxylic acids is 1. The molecule has 0 amide bonds. The Morgan fingerprint density at radius 3 is 2.75 bits per heavy atom. The van der Waals surface area contributed by atoms with Gasteiger partial charge in [0.25, 0.3) is 5.69 Å². The fourth-order valence-electron chi connectivity index (χ4n) is 1.92. The van der Waals surface area contributed by atoms with Crippen molar-refractivity contribution in [3.05, 3.63) is 33.9 Å². The Kier molecular flexibility index (Phi) is 5.92. The van der Waals surface area contributed by atoms with Crippen LogP contribution < -0.4 is 5.32 Å². The molecule has 0 aromatic heterocycles. The summed E-state index contributed by atoms with van der Waals surface area (Å²) >= 11 is 0. The van der Waals surface area contributed by atoms with E-state index in [1.807, 2.05) is 6.92 Å². The van der Waals surface area contributed by atoms with Crippen molar-refractivity contribution >= 4 is 17.3 Å². The molecule has 1 aromatic rings. The molecule has 1 unspecified atom stereocenters. The minimum atomic E-state index is -1.20. The quantitative estimate of drug-likeness (QED) is 0.561. The molecule has 1 aromatic carbocycles. The van der Waals surface area contributed by atoms with Gasteiger partial charge < -0.3 is 15.2 Å². The zero-order chi connectivity index (χ0) is 15.1. The van der Waals surface area contributed by atoms with Crippen LogP contribution in [-0.2, 0) is 4.74 Å². The van der Waals surface area contributed by atoms with Crippen molar-refractivity contribution in [2.75, 3.05) is 19.0 Å². The smallest absolute Gasteiger partial charge is 0.338 e. The van der Waals surface area contributed by atoms with Gasteiger partial charge in [0, 0.05) is 31.0 Å². The molecule has 0 aliphatic carbocycles. The first kappa shape index (κ1) is 15.9. The van der Waals surface area contributed by atoms with Gasteiger partial charge >= 0.3 is 5.97 Å². The SMILES string of the molecule is CCCC(COC)Nc1ccc([N+](=O)[O-])cc1C(=O)O. The number of nitro benzene ring substituents is 1. The second-order valence-corrected chi connectivity index (χ2v) is 4.38. The zero-order valence-electron chi connectivity index (χ0n) is 11.5. The Morgan fingerprint density at radius 1 is 1.55 bits per heavy atom. The third-order valence-electron chi connectivity index (χ3n) is 2.81. The van der Waals surface area contributed by atoms with Crippen molar-refractivity contribution in [1.29, 1.82) is 0 Å². The number of benzene rings is 1. The van der Waals surface area contributed by atoms with Gasteiger partial charge in [-0.1, -0.05) is 13.3 Å². The van der Waals surface area contributed by atoms with Crippen LogP contribution in [0, 0.1) is 10.1 Å². The molecule has 110 valence electrons. The fourth-order valence-corrected chi connectivity index (χ4v) is 1.92. The highest BCUT2D eigenvalue weighted by Crippen LogP contribution is 2.23. The number of hydrogen-bond acceptors (Lipinski definition) is 5. The maximum absolute atomic E-state index is 11.2. The summed E-state index contributed by atoms with van der Waals surface area (Å²) in [5, 5.41) is 22.9. The van der Waals surface area contributed by atoms with Crippen LogP contribution in [0.4, 0.5) is 11.4 Å². The van der Waals surface area contributed by atoms with Gasteiger partial charge in [-0.3, -0.25) is 10.1 Å². The number of methoxy groups -OCH3 is 1. The minimum Gasteiger partial charge on any atom is -0.478 e. The van der Waals surface area contributed by atoms with Gasteiger partial charge in [-0.05, 0) is 12.5 Å². The molecule has 1 atom stereocenters. The highest BCUT2D eigenvalue weighted by atomic mass is 16.6. The van der Waals surface area contributed by atoms with E-state index in [2.05, 4.69) is 5.32 Å². The summed E-state index contributed by atoms with van der Waals surface area (Å²) in [6.45, 7) is 2.45. The van der Waals surface area contributed by atoms with Crippen LogP contribution in [0.15, 0.2) is 18.2 Å². The Morgan fingerprint density at radius 2 is 2.25 bits per heavy atom. The molecule has 0 saturated carbocycles. The van der Waals surface area contributed by atoms with Gasteiger partial charge in [-0.25, -0.2) is 4.79 Å². The largest absolute Gasteiger partial charge is 0.478 e. The van der Waals surface area contributed by atoms with Gasteiger partial charge in [0.1, 0.15) is 0 Å². The van der Waals surface area contributed by atoms with Crippen molar-refractivity contribution in [3.8, 4) is 0 Å². The monoisotopic (exact) mass is 282 g/mol. The third-order valence-corrected chi connectivity index (χ3v) is 2.81. The van der Waals surface area contributed by atoms with Crippen molar-refractivity contribution in [2.24, 2.45) is 0 Å². The van der Waals surface area contributed by atoms with Crippen LogP contribution in [0.25, 0.3) is 0 Å². The Labute approximate surface area is 116 Å². The summed E-state index contributed by atoms with van der Waals surface area (Å²) < 4.78 is 5.07. The van der Waals surface area contributed by atoms with Gasteiger partial charge in [0.05, 0.1) is 17.1 Å². The average molecular weight is 282 g/mol. The second kappa shape index (κ2) is 7.44. The predicted octanol–water partition coefficient (Wildman–Crippen LogP) is 2.52. The van der Waals surface area contributed by atoms with E-state index in [0.29, 0.717) is 12.3 Å². The van der Waals surface area contributed by atoms with Crippen molar-refractivity contribution in [2.45, 2.75) is 25.8 Å². The number of rotatable bonds is 8. The first-order valence-electron chi connectivity index (χ1n) is 6.26. The van der Waals surface area contributed by atoms with E-state index >= 15 is 0 Å². The number of carboxylic acids is 1. The molecule has 2 N–H and O–H groups in total. The molecule has 0 spiro atoms. The lowest BCUT2D eigenvalue weighted by Crippen LogP contribution is -2.25. The minimum absolute atomic E-state index is 0.0374. The van der Waals surface area contributed by atoms with Crippen LogP contribution >= 0.6 is 0 Å². The number of nitrogens with zero attached hydrogens (tertiary/aromatic N) is 1. The Hall–Kier alpha value is -2.15. The highest BCUT2D eigenvalue weighted by Gasteiger charge is 2.18. The molecule has 0 aliphatic heterocycles. The first-order chi connectivity index (χ1) is 9.49. The maximum Gasteiger partial charge on any atom is 0.338 e. The lowest BCUT2D eigenvalue weighted by molar-refractivity contribution is -0.384. The Bertz CT molecular complexity index is 484. The fraction of sp³-hybridized carbons (Fsp3) is 0.462. The molecular weight excluding hydrogens is 264 g/mol. The number of carboxylic acid groups (broad SMARTS) is 1. The Balaban J connectivity index is 3.03. The lowest BCUT2D eigenvalue weighted by atomic mass is 10.1. The van der Waals surface area contributed by atoms with Crippen LogP contribution in [0.3, 0.4) is 0 Å². The second-order valence-electron chi connectivity index (χ2n) is 4.38. The lowest BCUT2D eigenvalue weighted by Gasteiger charge is -2.19. The van der Waals surface area contributed by atoms with Crippen molar-refractivity contribution in [1.82, 2.24) is 0 Å². The number of carbonyl (C=O) groups is 1.